The topological polar surface area (TPSA) is 77.9 Å². The molecule has 0 fully saturated rings. The number of aromatic amines is 1. The number of hydrogen-bond donors (Lipinski definition) is 3. The summed E-state index contributed by atoms with van der Waals surface area (Å²) in [6.07, 6.45) is 0. The Bertz CT molecular complexity index is 889. The molecule has 2 aromatic carbocycles. The summed E-state index contributed by atoms with van der Waals surface area (Å²) in [5.41, 5.74) is 9.55. The normalized spacial score (nSPS) is 15.1. The summed E-state index contributed by atoms with van der Waals surface area (Å²) in [6.45, 7) is 0.349. The first-order valence-corrected chi connectivity index (χ1v) is 7.06. The van der Waals surface area contributed by atoms with Crippen molar-refractivity contribution in [1.82, 2.24) is 9.97 Å². The Balaban J connectivity index is 1.83. The van der Waals surface area contributed by atoms with Crippen molar-refractivity contribution in [2.24, 2.45) is 5.73 Å². The number of para-hydroxylation sites is 3. The second kappa shape index (κ2) is 4.73. The molecule has 1 aliphatic rings. The van der Waals surface area contributed by atoms with Crippen LogP contribution < -0.4 is 5.73 Å². The molecule has 1 aromatic heterocycles. The summed E-state index contributed by atoms with van der Waals surface area (Å²) < 4.78 is 1.87. The third kappa shape index (κ3) is 1.87. The molecule has 3 aromatic rings. The third-order valence-corrected chi connectivity index (χ3v) is 3.84. The first kappa shape index (κ1) is 12.6. The van der Waals surface area contributed by atoms with Crippen LogP contribution in [-0.2, 0) is 0 Å². The zero-order valence-corrected chi connectivity index (χ0v) is 11.8. The number of rotatable bonds is 2. The van der Waals surface area contributed by atoms with Gasteiger partial charge in [0.05, 0.1) is 11.0 Å². The minimum Gasteiger partial charge on any atom is -0.507 e. The lowest BCUT2D eigenvalue weighted by atomic mass is 10.2. The fraction of sp³-hybridized carbons (Fsp3) is 0.0588. The van der Waals surface area contributed by atoms with Crippen LogP contribution in [0, 0.1) is 0 Å². The number of aliphatic hydroxyl groups excluding tert-OH is 1. The maximum absolute atomic E-state index is 10.3. The number of benzene rings is 2. The lowest BCUT2D eigenvalue weighted by Gasteiger charge is -2.01. The van der Waals surface area contributed by atoms with Crippen LogP contribution in [0.25, 0.3) is 16.6 Å². The predicted molar refractivity (Wildman–Crippen MR) is 86.1 cm³/mol. The summed E-state index contributed by atoms with van der Waals surface area (Å²) in [7, 11) is 0. The fourth-order valence-corrected chi connectivity index (χ4v) is 2.76. The third-order valence-electron chi connectivity index (χ3n) is 3.84. The van der Waals surface area contributed by atoms with Crippen molar-refractivity contribution >= 4 is 28.1 Å². The highest BCUT2D eigenvalue weighted by Crippen LogP contribution is 2.26. The molecule has 0 saturated carbocycles. The van der Waals surface area contributed by atoms with Gasteiger partial charge in [-0.15, -0.1) is 0 Å². The van der Waals surface area contributed by atoms with Crippen LogP contribution in [0.5, 0.6) is 0 Å². The van der Waals surface area contributed by atoms with Gasteiger partial charge >= 0.3 is 0 Å². The number of nitrogens with one attached hydrogen (secondary N) is 1. The van der Waals surface area contributed by atoms with E-state index in [2.05, 4.69) is 9.97 Å². The summed E-state index contributed by atoms with van der Waals surface area (Å²) in [5, 5.41) is 10.3. The van der Waals surface area contributed by atoms with Crippen LogP contribution in [-0.4, -0.2) is 32.0 Å². The molecule has 0 bridgehead atoms. The summed E-state index contributed by atoms with van der Waals surface area (Å²) in [4.78, 5) is 7.74. The van der Waals surface area contributed by atoms with Crippen LogP contribution in [0.1, 0.15) is 5.82 Å². The van der Waals surface area contributed by atoms with Crippen molar-refractivity contribution in [3.05, 3.63) is 66.2 Å². The first-order valence-electron chi connectivity index (χ1n) is 7.06. The number of imidazole rings is 1. The SMILES string of the molecule is NC1=[N+](c2ccccc2)CC(O)=C1c1nc2ccccc2[nH]1. The molecular weight excluding hydrogens is 276 g/mol. The number of aliphatic hydroxyl groups is 1. The van der Waals surface area contributed by atoms with Crippen molar-refractivity contribution in [3.8, 4) is 0 Å². The van der Waals surface area contributed by atoms with E-state index in [0.29, 0.717) is 23.8 Å². The monoisotopic (exact) mass is 291 g/mol. The molecule has 4 rings (SSSR count). The summed E-state index contributed by atoms with van der Waals surface area (Å²) in [5.74, 6) is 1.32. The van der Waals surface area contributed by atoms with Gasteiger partial charge in [0, 0.05) is 0 Å². The largest absolute Gasteiger partial charge is 0.507 e. The quantitative estimate of drug-likeness (QED) is 0.635. The molecule has 0 saturated heterocycles. The Morgan fingerprint density at radius 2 is 1.77 bits per heavy atom. The molecule has 4 N–H and O–H groups in total. The van der Waals surface area contributed by atoms with E-state index in [1.54, 1.807) is 0 Å². The van der Waals surface area contributed by atoms with Gasteiger partial charge < -0.3 is 10.1 Å². The Morgan fingerprint density at radius 1 is 1.05 bits per heavy atom. The van der Waals surface area contributed by atoms with Gasteiger partial charge in [-0.05, 0) is 24.3 Å². The molecular formula is C17H15N4O+. The van der Waals surface area contributed by atoms with E-state index in [1.165, 1.54) is 0 Å². The zero-order chi connectivity index (χ0) is 15.1. The minimum absolute atomic E-state index is 0.223. The van der Waals surface area contributed by atoms with E-state index in [1.807, 2.05) is 59.2 Å². The van der Waals surface area contributed by atoms with Gasteiger partial charge in [-0.25, -0.2) is 9.56 Å². The Kier molecular flexibility index (Phi) is 2.72. The second-order valence-corrected chi connectivity index (χ2v) is 5.23. The van der Waals surface area contributed by atoms with Crippen molar-refractivity contribution in [3.63, 3.8) is 0 Å². The number of nitrogens with zero attached hydrogens (tertiary/aromatic N) is 2. The van der Waals surface area contributed by atoms with Crippen LogP contribution >= 0.6 is 0 Å². The molecule has 0 spiro atoms. The van der Waals surface area contributed by atoms with Gasteiger partial charge in [0.1, 0.15) is 23.6 Å². The van der Waals surface area contributed by atoms with Crippen LogP contribution in [0.4, 0.5) is 5.69 Å². The lowest BCUT2D eigenvalue weighted by Crippen LogP contribution is -2.22. The summed E-state index contributed by atoms with van der Waals surface area (Å²) in [6, 6.07) is 17.5. The van der Waals surface area contributed by atoms with Crippen LogP contribution in [0.2, 0.25) is 0 Å². The lowest BCUT2D eigenvalue weighted by molar-refractivity contribution is -0.430. The van der Waals surface area contributed by atoms with E-state index >= 15 is 0 Å². The highest BCUT2D eigenvalue weighted by Gasteiger charge is 2.32. The van der Waals surface area contributed by atoms with E-state index in [-0.39, 0.29) is 5.76 Å². The molecule has 22 heavy (non-hydrogen) atoms. The molecule has 0 aliphatic carbocycles. The highest BCUT2D eigenvalue weighted by atomic mass is 16.3. The molecule has 2 heterocycles. The molecule has 108 valence electrons. The van der Waals surface area contributed by atoms with Gasteiger partial charge in [0.25, 0.3) is 5.84 Å². The molecule has 1 aliphatic heterocycles. The zero-order valence-electron chi connectivity index (χ0n) is 11.8. The second-order valence-electron chi connectivity index (χ2n) is 5.23. The minimum atomic E-state index is 0.223. The molecule has 5 nitrogen and oxygen atoms in total. The standard InChI is InChI=1S/C17H14N4O/c18-16-15(17-19-12-8-4-5-9-13(12)20-17)14(22)10-21(16)11-6-2-1-3-7-11/h1-9H,10H2,(H3,18,19,20,22)/p+1. The maximum atomic E-state index is 10.3. The fourth-order valence-electron chi connectivity index (χ4n) is 2.76. The van der Waals surface area contributed by atoms with E-state index in [4.69, 9.17) is 5.73 Å². The van der Waals surface area contributed by atoms with E-state index < -0.39 is 0 Å². The highest BCUT2D eigenvalue weighted by molar-refractivity contribution is 6.20. The number of amidine groups is 1. The maximum Gasteiger partial charge on any atom is 0.287 e. The Hall–Kier alpha value is -3.08. The Morgan fingerprint density at radius 3 is 2.55 bits per heavy atom. The number of fused-ring (bicyclic) bond motifs is 1. The van der Waals surface area contributed by atoms with E-state index in [9.17, 15) is 5.11 Å². The molecule has 0 atom stereocenters. The number of aromatic nitrogens is 2. The number of H-pyrrole nitrogens is 1. The Labute approximate surface area is 127 Å². The van der Waals surface area contributed by atoms with Crippen LogP contribution in [0.3, 0.4) is 0 Å². The van der Waals surface area contributed by atoms with Crippen LogP contribution in [0.15, 0.2) is 60.4 Å². The van der Waals surface area contributed by atoms with Crippen molar-refractivity contribution in [2.45, 2.75) is 0 Å². The molecule has 5 heteroatoms. The van der Waals surface area contributed by atoms with E-state index in [0.717, 1.165) is 16.7 Å². The molecule has 0 unspecified atom stereocenters. The van der Waals surface area contributed by atoms with Gasteiger partial charge in [-0.2, -0.15) is 0 Å². The number of nitrogens with two attached hydrogens (primary N) is 1. The van der Waals surface area contributed by atoms with Crippen molar-refractivity contribution in [2.75, 3.05) is 6.54 Å². The van der Waals surface area contributed by atoms with Crippen molar-refractivity contribution < 1.29 is 9.68 Å². The molecule has 0 radical (unpaired) electrons. The average molecular weight is 291 g/mol. The van der Waals surface area contributed by atoms with Gasteiger partial charge in [-0.3, -0.25) is 5.73 Å². The summed E-state index contributed by atoms with van der Waals surface area (Å²) >= 11 is 0. The smallest absolute Gasteiger partial charge is 0.287 e. The first-order chi connectivity index (χ1) is 10.7. The average Bonchev–Trinajstić information content (AvgIpc) is 3.08. The van der Waals surface area contributed by atoms with Gasteiger partial charge in [-0.1, -0.05) is 30.3 Å². The van der Waals surface area contributed by atoms with Gasteiger partial charge in [0.2, 0.25) is 0 Å². The number of hydrogen-bond acceptors (Lipinski definition) is 3. The molecule has 0 amide bonds. The van der Waals surface area contributed by atoms with Crippen molar-refractivity contribution in [1.29, 1.82) is 0 Å². The van der Waals surface area contributed by atoms with Gasteiger partial charge in [0.15, 0.2) is 5.76 Å². The predicted octanol–water partition coefficient (Wildman–Crippen LogP) is 2.55.